The van der Waals surface area contributed by atoms with E-state index in [1.807, 2.05) is 6.07 Å². The first-order chi connectivity index (χ1) is 10.4. The summed E-state index contributed by atoms with van der Waals surface area (Å²) in [6, 6.07) is 8.17. The topological polar surface area (TPSA) is 29.5 Å². The molecule has 1 atom stereocenters. The van der Waals surface area contributed by atoms with Gasteiger partial charge in [0.2, 0.25) is 0 Å². The number of rotatable bonds is 2. The van der Waals surface area contributed by atoms with Crippen LogP contribution in [0.5, 0.6) is 5.75 Å². The van der Waals surface area contributed by atoms with Crippen molar-refractivity contribution in [1.82, 2.24) is 0 Å². The molecule has 2 aromatic rings. The van der Waals surface area contributed by atoms with E-state index >= 15 is 0 Å². The zero-order chi connectivity index (χ0) is 15.9. The molecular weight excluding hydrogens is 361 g/mol. The van der Waals surface area contributed by atoms with Gasteiger partial charge in [-0.15, -0.1) is 0 Å². The van der Waals surface area contributed by atoms with Gasteiger partial charge < -0.3 is 9.84 Å². The largest absolute Gasteiger partial charge is 0.493 e. The van der Waals surface area contributed by atoms with Crippen LogP contribution in [0.1, 0.15) is 28.4 Å². The normalized spacial score (nSPS) is 15.3. The van der Waals surface area contributed by atoms with Crippen LogP contribution in [0.25, 0.3) is 0 Å². The van der Waals surface area contributed by atoms with E-state index in [-0.39, 0.29) is 0 Å². The molecule has 0 bridgehead atoms. The van der Waals surface area contributed by atoms with E-state index in [9.17, 15) is 18.3 Å². The van der Waals surface area contributed by atoms with Crippen LogP contribution >= 0.6 is 15.9 Å². The summed E-state index contributed by atoms with van der Waals surface area (Å²) in [5.41, 5.74) is 1.19. The molecule has 0 aliphatic carbocycles. The molecule has 3 rings (SSSR count). The lowest BCUT2D eigenvalue weighted by molar-refractivity contribution is -0.137. The summed E-state index contributed by atoms with van der Waals surface area (Å²) in [4.78, 5) is 0. The van der Waals surface area contributed by atoms with Crippen molar-refractivity contribution in [2.24, 2.45) is 0 Å². The summed E-state index contributed by atoms with van der Waals surface area (Å²) in [7, 11) is 0. The maximum Gasteiger partial charge on any atom is 0.416 e. The summed E-state index contributed by atoms with van der Waals surface area (Å²) >= 11 is 3.38. The van der Waals surface area contributed by atoms with Crippen LogP contribution in [-0.4, -0.2) is 11.7 Å². The van der Waals surface area contributed by atoms with E-state index in [4.69, 9.17) is 4.74 Å². The van der Waals surface area contributed by atoms with Crippen molar-refractivity contribution < 1.29 is 23.0 Å². The lowest BCUT2D eigenvalue weighted by atomic mass is 9.97. The highest BCUT2D eigenvalue weighted by atomic mass is 79.9. The molecule has 0 amide bonds. The van der Waals surface area contributed by atoms with Crippen molar-refractivity contribution in [1.29, 1.82) is 0 Å². The fraction of sp³-hybridized carbons (Fsp3) is 0.250. The third kappa shape index (κ3) is 2.85. The Morgan fingerprint density at radius 2 is 1.82 bits per heavy atom. The van der Waals surface area contributed by atoms with Crippen molar-refractivity contribution in [3.63, 3.8) is 0 Å². The van der Waals surface area contributed by atoms with E-state index in [0.29, 0.717) is 23.5 Å². The Bertz CT molecular complexity index is 696. The Balaban J connectivity index is 1.96. The van der Waals surface area contributed by atoms with E-state index in [1.54, 1.807) is 6.07 Å². The van der Waals surface area contributed by atoms with E-state index < -0.39 is 17.8 Å². The predicted molar refractivity (Wildman–Crippen MR) is 78.8 cm³/mol. The Hall–Kier alpha value is -1.53. The third-order valence-corrected chi connectivity index (χ3v) is 4.08. The standard InChI is InChI=1S/C16H12BrF3O2/c17-12-7-10-5-6-22-15(10)13(8-12)14(21)9-1-3-11(4-2-9)16(18,19)20/h1-4,7-8,14,21H,5-6H2. The van der Waals surface area contributed by atoms with Gasteiger partial charge in [-0.3, -0.25) is 0 Å². The quantitative estimate of drug-likeness (QED) is 0.841. The lowest BCUT2D eigenvalue weighted by Gasteiger charge is -2.16. The van der Waals surface area contributed by atoms with Gasteiger partial charge in [0.05, 0.1) is 12.2 Å². The van der Waals surface area contributed by atoms with Crippen molar-refractivity contribution >= 4 is 15.9 Å². The number of aliphatic hydroxyl groups excluding tert-OH is 1. The van der Waals surface area contributed by atoms with Gasteiger partial charge in [0.15, 0.2) is 0 Å². The fourth-order valence-corrected chi connectivity index (χ4v) is 3.06. The average Bonchev–Trinajstić information content (AvgIpc) is 2.93. The number of hydrogen-bond donors (Lipinski definition) is 1. The van der Waals surface area contributed by atoms with Gasteiger partial charge in [0, 0.05) is 16.5 Å². The second-order valence-corrected chi connectivity index (χ2v) is 6.02. The highest BCUT2D eigenvalue weighted by molar-refractivity contribution is 9.10. The molecule has 2 nitrogen and oxygen atoms in total. The molecule has 1 heterocycles. The van der Waals surface area contributed by atoms with Gasteiger partial charge in [-0.05, 0) is 35.4 Å². The van der Waals surface area contributed by atoms with Crippen molar-refractivity contribution in [2.45, 2.75) is 18.7 Å². The summed E-state index contributed by atoms with van der Waals surface area (Å²) in [5, 5.41) is 10.5. The van der Waals surface area contributed by atoms with E-state index in [1.165, 1.54) is 12.1 Å². The average molecular weight is 373 g/mol. The molecule has 1 N–H and O–H groups in total. The molecular formula is C16H12BrF3O2. The van der Waals surface area contributed by atoms with E-state index in [0.717, 1.165) is 28.6 Å². The third-order valence-electron chi connectivity index (χ3n) is 3.63. The SMILES string of the molecule is OC(c1ccc(C(F)(F)F)cc1)c1cc(Br)cc2c1OCC2. The van der Waals surface area contributed by atoms with Crippen LogP contribution in [0.2, 0.25) is 0 Å². The molecule has 1 aliphatic heterocycles. The minimum Gasteiger partial charge on any atom is -0.493 e. The maximum absolute atomic E-state index is 12.6. The number of aliphatic hydroxyl groups is 1. The first-order valence-corrected chi connectivity index (χ1v) is 7.46. The van der Waals surface area contributed by atoms with Gasteiger partial charge >= 0.3 is 6.18 Å². The molecule has 2 aromatic carbocycles. The minimum absolute atomic E-state index is 0.392. The Morgan fingerprint density at radius 3 is 2.45 bits per heavy atom. The van der Waals surface area contributed by atoms with Crippen LogP contribution in [0.4, 0.5) is 13.2 Å². The Kier molecular flexibility index (Phi) is 3.91. The van der Waals surface area contributed by atoms with Crippen LogP contribution in [0, 0.1) is 0 Å². The van der Waals surface area contributed by atoms with Crippen LogP contribution in [0.15, 0.2) is 40.9 Å². The maximum atomic E-state index is 12.6. The number of ether oxygens (including phenoxy) is 1. The first-order valence-electron chi connectivity index (χ1n) is 6.66. The number of hydrogen-bond acceptors (Lipinski definition) is 2. The summed E-state index contributed by atoms with van der Waals surface area (Å²) < 4.78 is 44.1. The van der Waals surface area contributed by atoms with Crippen LogP contribution in [-0.2, 0) is 12.6 Å². The molecule has 116 valence electrons. The molecule has 22 heavy (non-hydrogen) atoms. The summed E-state index contributed by atoms with van der Waals surface area (Å²) in [6.45, 7) is 0.540. The number of halogens is 4. The van der Waals surface area contributed by atoms with Gasteiger partial charge in [-0.2, -0.15) is 13.2 Å². The Labute approximate surface area is 133 Å². The lowest BCUT2D eigenvalue weighted by Crippen LogP contribution is -2.06. The summed E-state index contributed by atoms with van der Waals surface area (Å²) in [6.07, 6.45) is -4.67. The molecule has 0 fully saturated rings. The van der Waals surface area contributed by atoms with Crippen molar-refractivity contribution in [3.05, 3.63) is 63.1 Å². The van der Waals surface area contributed by atoms with Crippen LogP contribution in [0.3, 0.4) is 0 Å². The minimum atomic E-state index is -4.39. The van der Waals surface area contributed by atoms with Crippen molar-refractivity contribution in [2.75, 3.05) is 6.61 Å². The number of fused-ring (bicyclic) bond motifs is 1. The fourth-order valence-electron chi connectivity index (χ4n) is 2.53. The molecule has 6 heteroatoms. The predicted octanol–water partition coefficient (Wildman–Crippen LogP) is 4.48. The van der Waals surface area contributed by atoms with Gasteiger partial charge in [-0.1, -0.05) is 28.1 Å². The zero-order valence-electron chi connectivity index (χ0n) is 11.3. The highest BCUT2D eigenvalue weighted by Gasteiger charge is 2.30. The van der Waals surface area contributed by atoms with Crippen LogP contribution < -0.4 is 4.74 Å². The molecule has 1 aliphatic rings. The van der Waals surface area contributed by atoms with Gasteiger partial charge in [0.25, 0.3) is 0 Å². The zero-order valence-corrected chi connectivity index (χ0v) is 12.9. The first kappa shape index (κ1) is 15.4. The van der Waals surface area contributed by atoms with Gasteiger partial charge in [-0.25, -0.2) is 0 Å². The smallest absolute Gasteiger partial charge is 0.416 e. The molecule has 0 aromatic heterocycles. The summed E-state index contributed by atoms with van der Waals surface area (Å²) in [5.74, 6) is 0.621. The van der Waals surface area contributed by atoms with Crippen molar-refractivity contribution in [3.8, 4) is 5.75 Å². The number of alkyl halides is 3. The van der Waals surface area contributed by atoms with E-state index in [2.05, 4.69) is 15.9 Å². The monoisotopic (exact) mass is 372 g/mol. The second kappa shape index (κ2) is 5.59. The molecule has 0 saturated heterocycles. The highest BCUT2D eigenvalue weighted by Crippen LogP contribution is 2.39. The van der Waals surface area contributed by atoms with Gasteiger partial charge in [0.1, 0.15) is 11.9 Å². The number of benzene rings is 2. The molecule has 1 unspecified atom stereocenters. The molecule has 0 spiro atoms. The second-order valence-electron chi connectivity index (χ2n) is 5.10. The molecule has 0 radical (unpaired) electrons. The Morgan fingerprint density at radius 1 is 1.14 bits per heavy atom. The molecule has 0 saturated carbocycles.